The van der Waals surface area contributed by atoms with Crippen molar-refractivity contribution in [3.8, 4) is 5.75 Å². The molecule has 1 heterocycles. The molecule has 3 heteroatoms. The monoisotopic (exact) mass is 277 g/mol. The summed E-state index contributed by atoms with van der Waals surface area (Å²) in [4.78, 5) is 2.42. The number of methoxy groups -OCH3 is 1. The molecule has 4 unspecified atom stereocenters. The van der Waals surface area contributed by atoms with E-state index in [-0.39, 0.29) is 6.04 Å². The summed E-state index contributed by atoms with van der Waals surface area (Å²) >= 11 is 0. The third-order valence-electron chi connectivity index (χ3n) is 4.39. The summed E-state index contributed by atoms with van der Waals surface area (Å²) in [5.74, 6) is 2.25. The van der Waals surface area contributed by atoms with E-state index in [4.69, 9.17) is 4.74 Å². The van der Waals surface area contributed by atoms with Gasteiger partial charge in [-0.2, -0.15) is 0 Å². The normalized spacial score (nSPS) is 27.1. The first-order valence-corrected chi connectivity index (χ1v) is 7.57. The zero-order valence-electron chi connectivity index (χ0n) is 13.0. The Labute approximate surface area is 122 Å². The van der Waals surface area contributed by atoms with Crippen LogP contribution in [0, 0.1) is 11.8 Å². The maximum absolute atomic E-state index is 10.6. The topological polar surface area (TPSA) is 32.7 Å². The summed E-state index contributed by atoms with van der Waals surface area (Å²) in [6, 6.07) is 7.88. The predicted octanol–water partition coefficient (Wildman–Crippen LogP) is 3.10. The lowest BCUT2D eigenvalue weighted by molar-refractivity contribution is 0.0208. The van der Waals surface area contributed by atoms with Crippen LogP contribution in [0.3, 0.4) is 0 Å². The Morgan fingerprint density at radius 1 is 1.15 bits per heavy atom. The Bertz CT molecular complexity index is 408. The summed E-state index contributed by atoms with van der Waals surface area (Å²) in [5.41, 5.74) is 0.962. The first kappa shape index (κ1) is 15.3. The van der Waals surface area contributed by atoms with Crippen molar-refractivity contribution in [2.45, 2.75) is 39.3 Å². The van der Waals surface area contributed by atoms with Crippen LogP contribution in [0.2, 0.25) is 0 Å². The third kappa shape index (κ3) is 3.53. The van der Waals surface area contributed by atoms with Crippen LogP contribution < -0.4 is 4.74 Å². The molecule has 0 radical (unpaired) electrons. The number of hydrogen-bond acceptors (Lipinski definition) is 3. The van der Waals surface area contributed by atoms with Gasteiger partial charge in [0.2, 0.25) is 0 Å². The van der Waals surface area contributed by atoms with Gasteiger partial charge < -0.3 is 9.84 Å². The fraction of sp³-hybridized carbons (Fsp3) is 0.647. The molecule has 1 aliphatic rings. The first-order valence-electron chi connectivity index (χ1n) is 7.57. The maximum atomic E-state index is 10.6. The molecule has 0 saturated carbocycles. The van der Waals surface area contributed by atoms with Crippen LogP contribution >= 0.6 is 0 Å². The molecule has 112 valence electrons. The van der Waals surface area contributed by atoms with Gasteiger partial charge in [0.1, 0.15) is 5.75 Å². The molecule has 4 atom stereocenters. The Hall–Kier alpha value is -1.06. The van der Waals surface area contributed by atoms with Crippen LogP contribution in [0.15, 0.2) is 24.3 Å². The second kappa shape index (κ2) is 6.59. The summed E-state index contributed by atoms with van der Waals surface area (Å²) in [7, 11) is 1.66. The van der Waals surface area contributed by atoms with E-state index < -0.39 is 6.10 Å². The Morgan fingerprint density at radius 2 is 1.70 bits per heavy atom. The number of aliphatic hydroxyl groups excluding tert-OH is 1. The fourth-order valence-corrected chi connectivity index (χ4v) is 3.32. The Kier molecular flexibility index (Phi) is 5.06. The van der Waals surface area contributed by atoms with E-state index in [1.165, 1.54) is 6.42 Å². The summed E-state index contributed by atoms with van der Waals surface area (Å²) in [6.45, 7) is 8.89. The molecule has 1 saturated heterocycles. The van der Waals surface area contributed by atoms with Gasteiger partial charge in [0.05, 0.1) is 13.2 Å². The van der Waals surface area contributed by atoms with E-state index in [2.05, 4.69) is 25.7 Å². The van der Waals surface area contributed by atoms with E-state index >= 15 is 0 Å². The third-order valence-corrected chi connectivity index (χ3v) is 4.39. The molecule has 1 N–H and O–H groups in total. The SMILES string of the molecule is COc1ccc(C(O)C(C)N2CC(C)CC(C)C2)cc1. The molecule has 2 rings (SSSR count). The molecule has 0 spiro atoms. The minimum Gasteiger partial charge on any atom is -0.497 e. The minimum absolute atomic E-state index is 0.147. The summed E-state index contributed by atoms with van der Waals surface area (Å²) in [6.07, 6.45) is 0.848. The molecule has 1 aromatic rings. The van der Waals surface area contributed by atoms with Gasteiger partial charge in [-0.15, -0.1) is 0 Å². The van der Waals surface area contributed by atoms with Gasteiger partial charge in [-0.25, -0.2) is 0 Å². The van der Waals surface area contributed by atoms with Crippen LogP contribution in [0.4, 0.5) is 0 Å². The highest BCUT2D eigenvalue weighted by Gasteiger charge is 2.29. The average Bonchev–Trinajstić information content (AvgIpc) is 2.45. The maximum Gasteiger partial charge on any atom is 0.118 e. The van der Waals surface area contributed by atoms with Crippen molar-refractivity contribution in [2.75, 3.05) is 20.2 Å². The quantitative estimate of drug-likeness (QED) is 0.918. The van der Waals surface area contributed by atoms with Gasteiger partial charge in [-0.05, 0) is 42.9 Å². The van der Waals surface area contributed by atoms with Gasteiger partial charge in [-0.3, -0.25) is 4.90 Å². The van der Waals surface area contributed by atoms with Crippen molar-refractivity contribution in [1.82, 2.24) is 4.90 Å². The standard InChI is InChI=1S/C17H27NO2/c1-12-9-13(2)11-18(10-12)14(3)17(19)15-5-7-16(20-4)8-6-15/h5-8,12-14,17,19H,9-11H2,1-4H3. The summed E-state index contributed by atoms with van der Waals surface area (Å²) < 4.78 is 5.16. The van der Waals surface area contributed by atoms with Crippen LogP contribution in [0.25, 0.3) is 0 Å². The molecule has 20 heavy (non-hydrogen) atoms. The number of benzene rings is 1. The molecule has 0 aliphatic carbocycles. The van der Waals surface area contributed by atoms with E-state index in [0.29, 0.717) is 11.8 Å². The van der Waals surface area contributed by atoms with Crippen LogP contribution in [0.5, 0.6) is 5.75 Å². The number of hydrogen-bond donors (Lipinski definition) is 1. The van der Waals surface area contributed by atoms with Crippen LogP contribution in [0.1, 0.15) is 38.9 Å². The van der Waals surface area contributed by atoms with Gasteiger partial charge in [0.15, 0.2) is 0 Å². The lowest BCUT2D eigenvalue weighted by Gasteiger charge is -2.40. The number of aliphatic hydroxyl groups is 1. The fourth-order valence-electron chi connectivity index (χ4n) is 3.32. The largest absolute Gasteiger partial charge is 0.497 e. The zero-order valence-corrected chi connectivity index (χ0v) is 13.0. The van der Waals surface area contributed by atoms with Gasteiger partial charge in [0.25, 0.3) is 0 Å². The van der Waals surface area contributed by atoms with Crippen molar-refractivity contribution >= 4 is 0 Å². The number of rotatable bonds is 4. The lowest BCUT2D eigenvalue weighted by atomic mass is 9.89. The molecule has 0 amide bonds. The van der Waals surface area contributed by atoms with E-state index in [1.807, 2.05) is 24.3 Å². The molecule has 0 aromatic heterocycles. The first-order chi connectivity index (χ1) is 9.51. The lowest BCUT2D eigenvalue weighted by Crippen LogP contribution is -2.46. The molecular weight excluding hydrogens is 250 g/mol. The van der Waals surface area contributed by atoms with Crippen LogP contribution in [-0.2, 0) is 0 Å². The predicted molar refractivity (Wildman–Crippen MR) is 81.9 cm³/mol. The minimum atomic E-state index is -0.446. The number of nitrogens with zero attached hydrogens (tertiary/aromatic N) is 1. The summed E-state index contributed by atoms with van der Waals surface area (Å²) in [5, 5.41) is 10.6. The second-order valence-electron chi connectivity index (χ2n) is 6.36. The average molecular weight is 277 g/mol. The van der Waals surface area contributed by atoms with Gasteiger partial charge in [-0.1, -0.05) is 26.0 Å². The molecule has 3 nitrogen and oxygen atoms in total. The Balaban J connectivity index is 2.04. The van der Waals surface area contributed by atoms with Crippen molar-refractivity contribution in [3.63, 3.8) is 0 Å². The van der Waals surface area contributed by atoms with E-state index in [9.17, 15) is 5.11 Å². The molecule has 0 bridgehead atoms. The number of ether oxygens (including phenoxy) is 1. The second-order valence-corrected chi connectivity index (χ2v) is 6.36. The van der Waals surface area contributed by atoms with E-state index in [1.54, 1.807) is 7.11 Å². The number of likely N-dealkylation sites (tertiary alicyclic amines) is 1. The van der Waals surface area contributed by atoms with Crippen molar-refractivity contribution < 1.29 is 9.84 Å². The highest BCUT2D eigenvalue weighted by Crippen LogP contribution is 2.28. The molecular formula is C17H27NO2. The van der Waals surface area contributed by atoms with Crippen molar-refractivity contribution in [1.29, 1.82) is 0 Å². The van der Waals surface area contributed by atoms with Crippen molar-refractivity contribution in [3.05, 3.63) is 29.8 Å². The number of piperidine rings is 1. The zero-order chi connectivity index (χ0) is 14.7. The van der Waals surface area contributed by atoms with E-state index in [0.717, 1.165) is 24.4 Å². The molecule has 1 aliphatic heterocycles. The molecule has 1 aromatic carbocycles. The Morgan fingerprint density at radius 3 is 2.20 bits per heavy atom. The highest BCUT2D eigenvalue weighted by molar-refractivity contribution is 5.29. The van der Waals surface area contributed by atoms with Crippen molar-refractivity contribution in [2.24, 2.45) is 11.8 Å². The van der Waals surface area contributed by atoms with Gasteiger partial charge >= 0.3 is 0 Å². The molecule has 1 fully saturated rings. The smallest absolute Gasteiger partial charge is 0.118 e. The van der Waals surface area contributed by atoms with Gasteiger partial charge in [0, 0.05) is 19.1 Å². The van der Waals surface area contributed by atoms with Crippen LogP contribution in [-0.4, -0.2) is 36.2 Å². The highest BCUT2D eigenvalue weighted by atomic mass is 16.5.